The van der Waals surface area contributed by atoms with Crippen LogP contribution in [0.5, 0.6) is 0 Å². The quantitative estimate of drug-likeness (QED) is 0.828. The number of piperidine rings is 1. The second-order valence-corrected chi connectivity index (χ2v) is 5.93. The minimum atomic E-state index is -0.297. The second kappa shape index (κ2) is 5.85. The Labute approximate surface area is 124 Å². The molecule has 0 bridgehead atoms. The van der Waals surface area contributed by atoms with Gasteiger partial charge >= 0.3 is 0 Å². The highest BCUT2D eigenvalue weighted by Crippen LogP contribution is 2.21. The molecule has 5 nitrogen and oxygen atoms in total. The highest BCUT2D eigenvalue weighted by Gasteiger charge is 2.32. The van der Waals surface area contributed by atoms with Crippen LogP contribution in [0.1, 0.15) is 24.0 Å². The van der Waals surface area contributed by atoms with Crippen LogP contribution in [0.4, 0.5) is 0 Å². The molecular formula is C16H21N3O2. The van der Waals surface area contributed by atoms with Crippen LogP contribution in [0, 0.1) is 5.92 Å². The third kappa shape index (κ3) is 2.93. The maximum Gasteiger partial charge on any atom is 0.240 e. The van der Waals surface area contributed by atoms with E-state index in [0.717, 1.165) is 25.9 Å². The maximum atomic E-state index is 12.6. The van der Waals surface area contributed by atoms with Crippen LogP contribution in [0.25, 0.3) is 0 Å². The molecule has 2 amide bonds. The van der Waals surface area contributed by atoms with Crippen molar-refractivity contribution in [2.75, 3.05) is 13.1 Å². The molecule has 0 saturated carbocycles. The molecule has 0 aromatic heterocycles. The summed E-state index contributed by atoms with van der Waals surface area (Å²) in [5, 5.41) is 3.31. The van der Waals surface area contributed by atoms with Gasteiger partial charge in [0, 0.05) is 19.6 Å². The Bertz CT molecular complexity index is 558. The molecule has 2 aliphatic rings. The van der Waals surface area contributed by atoms with Crippen molar-refractivity contribution in [1.29, 1.82) is 0 Å². The lowest BCUT2D eigenvalue weighted by atomic mass is 9.93. The van der Waals surface area contributed by atoms with E-state index in [-0.39, 0.29) is 23.8 Å². The lowest BCUT2D eigenvalue weighted by Gasteiger charge is -2.35. The molecule has 0 radical (unpaired) electrons. The van der Waals surface area contributed by atoms with Crippen molar-refractivity contribution >= 4 is 11.8 Å². The van der Waals surface area contributed by atoms with E-state index in [1.807, 2.05) is 12.1 Å². The van der Waals surface area contributed by atoms with Crippen LogP contribution in [0.15, 0.2) is 24.3 Å². The van der Waals surface area contributed by atoms with Crippen LogP contribution in [0.2, 0.25) is 0 Å². The molecule has 2 aliphatic heterocycles. The predicted octanol–water partition coefficient (Wildman–Crippen LogP) is 0.425. The standard InChI is InChI=1S/C16H21N3O2/c17-15(20)13-6-3-7-19(10-13)16(21)14-8-11-4-1-2-5-12(11)9-18-14/h1-2,4-5,13-14,18H,3,6-10H2,(H2,17,20)/t13?,14-/m0/s1. The Morgan fingerprint density at radius 3 is 2.76 bits per heavy atom. The van der Waals surface area contributed by atoms with Crippen LogP contribution >= 0.6 is 0 Å². The van der Waals surface area contributed by atoms with Crippen molar-refractivity contribution in [2.24, 2.45) is 11.7 Å². The number of carbonyl (C=O) groups is 2. The summed E-state index contributed by atoms with van der Waals surface area (Å²) in [5.74, 6) is -0.400. The molecule has 1 saturated heterocycles. The van der Waals surface area contributed by atoms with E-state index in [1.54, 1.807) is 4.90 Å². The van der Waals surface area contributed by atoms with Crippen LogP contribution in [-0.4, -0.2) is 35.8 Å². The first kappa shape index (κ1) is 14.1. The van der Waals surface area contributed by atoms with Crippen molar-refractivity contribution in [3.05, 3.63) is 35.4 Å². The highest BCUT2D eigenvalue weighted by molar-refractivity contribution is 5.84. The number of rotatable bonds is 2. The number of benzene rings is 1. The molecule has 3 N–H and O–H groups in total. The molecule has 1 aromatic carbocycles. The number of nitrogens with one attached hydrogen (secondary N) is 1. The predicted molar refractivity (Wildman–Crippen MR) is 79.3 cm³/mol. The van der Waals surface area contributed by atoms with Gasteiger partial charge < -0.3 is 16.0 Å². The number of likely N-dealkylation sites (tertiary alicyclic amines) is 1. The average Bonchev–Trinajstić information content (AvgIpc) is 2.53. The molecule has 3 rings (SSSR count). The summed E-state index contributed by atoms with van der Waals surface area (Å²) >= 11 is 0. The van der Waals surface area contributed by atoms with Crippen LogP contribution in [-0.2, 0) is 22.6 Å². The van der Waals surface area contributed by atoms with Gasteiger partial charge in [-0.15, -0.1) is 0 Å². The summed E-state index contributed by atoms with van der Waals surface area (Å²) in [5.41, 5.74) is 7.87. The van der Waals surface area contributed by atoms with E-state index >= 15 is 0 Å². The van der Waals surface area contributed by atoms with E-state index in [9.17, 15) is 9.59 Å². The van der Waals surface area contributed by atoms with Crippen molar-refractivity contribution in [1.82, 2.24) is 10.2 Å². The lowest BCUT2D eigenvalue weighted by molar-refractivity contribution is -0.137. The average molecular weight is 287 g/mol. The smallest absolute Gasteiger partial charge is 0.240 e. The summed E-state index contributed by atoms with van der Waals surface area (Å²) < 4.78 is 0. The van der Waals surface area contributed by atoms with Crippen molar-refractivity contribution in [2.45, 2.75) is 31.8 Å². The molecule has 2 atom stereocenters. The van der Waals surface area contributed by atoms with Crippen molar-refractivity contribution in [3.63, 3.8) is 0 Å². The minimum Gasteiger partial charge on any atom is -0.369 e. The number of carbonyl (C=O) groups excluding carboxylic acids is 2. The molecule has 1 aromatic rings. The third-order valence-electron chi connectivity index (χ3n) is 4.51. The highest BCUT2D eigenvalue weighted by atomic mass is 16.2. The maximum absolute atomic E-state index is 12.6. The number of nitrogens with two attached hydrogens (primary N) is 1. The SMILES string of the molecule is NC(=O)C1CCCN(C(=O)[C@@H]2Cc3ccccc3CN2)C1. The van der Waals surface area contributed by atoms with E-state index in [4.69, 9.17) is 5.73 Å². The summed E-state index contributed by atoms with van der Waals surface area (Å²) in [4.78, 5) is 25.8. The Morgan fingerprint density at radius 2 is 2.00 bits per heavy atom. The van der Waals surface area contributed by atoms with E-state index in [2.05, 4.69) is 17.4 Å². The fourth-order valence-electron chi connectivity index (χ4n) is 3.26. The van der Waals surface area contributed by atoms with Crippen LogP contribution < -0.4 is 11.1 Å². The Kier molecular flexibility index (Phi) is 3.92. The lowest BCUT2D eigenvalue weighted by Crippen LogP contribution is -2.53. The summed E-state index contributed by atoms with van der Waals surface area (Å²) in [6, 6.07) is 8.01. The van der Waals surface area contributed by atoms with Gasteiger partial charge in [-0.2, -0.15) is 0 Å². The molecule has 2 heterocycles. The zero-order chi connectivity index (χ0) is 14.8. The van der Waals surface area contributed by atoms with Crippen molar-refractivity contribution < 1.29 is 9.59 Å². The van der Waals surface area contributed by atoms with Gasteiger partial charge in [-0.25, -0.2) is 0 Å². The number of hydrogen-bond acceptors (Lipinski definition) is 3. The number of nitrogens with zero attached hydrogens (tertiary/aromatic N) is 1. The normalized spacial score (nSPS) is 25.2. The number of hydrogen-bond donors (Lipinski definition) is 2. The fraction of sp³-hybridized carbons (Fsp3) is 0.500. The topological polar surface area (TPSA) is 75.4 Å². The van der Waals surface area contributed by atoms with Crippen LogP contribution in [0.3, 0.4) is 0 Å². The minimum absolute atomic E-state index is 0.0930. The van der Waals surface area contributed by atoms with Gasteiger partial charge in [0.15, 0.2) is 0 Å². The molecule has 21 heavy (non-hydrogen) atoms. The third-order valence-corrected chi connectivity index (χ3v) is 4.51. The van der Waals surface area contributed by atoms with Gasteiger partial charge in [0.05, 0.1) is 12.0 Å². The summed E-state index contributed by atoms with van der Waals surface area (Å²) in [6.07, 6.45) is 2.36. The number of amides is 2. The van der Waals surface area contributed by atoms with E-state index in [1.165, 1.54) is 11.1 Å². The molecule has 1 fully saturated rings. The molecule has 1 unspecified atom stereocenters. The number of fused-ring (bicyclic) bond motifs is 1. The Balaban J connectivity index is 1.67. The first-order valence-corrected chi connectivity index (χ1v) is 7.53. The zero-order valence-corrected chi connectivity index (χ0v) is 12.0. The Hall–Kier alpha value is -1.88. The second-order valence-electron chi connectivity index (χ2n) is 5.93. The first-order chi connectivity index (χ1) is 10.1. The molecule has 5 heteroatoms. The summed E-state index contributed by atoms with van der Waals surface area (Å²) in [6.45, 7) is 1.91. The van der Waals surface area contributed by atoms with Gasteiger partial charge in [-0.1, -0.05) is 24.3 Å². The number of primary amides is 1. The largest absolute Gasteiger partial charge is 0.369 e. The van der Waals surface area contributed by atoms with Gasteiger partial charge in [-0.05, 0) is 30.4 Å². The van der Waals surface area contributed by atoms with E-state index < -0.39 is 0 Å². The summed E-state index contributed by atoms with van der Waals surface area (Å²) in [7, 11) is 0. The monoisotopic (exact) mass is 287 g/mol. The Morgan fingerprint density at radius 1 is 1.24 bits per heavy atom. The van der Waals surface area contributed by atoms with E-state index in [0.29, 0.717) is 13.0 Å². The molecular weight excluding hydrogens is 266 g/mol. The van der Waals surface area contributed by atoms with Gasteiger partial charge in [0.1, 0.15) is 0 Å². The van der Waals surface area contributed by atoms with Gasteiger partial charge in [0.2, 0.25) is 11.8 Å². The molecule has 0 aliphatic carbocycles. The molecule has 112 valence electrons. The fourth-order valence-corrected chi connectivity index (χ4v) is 3.26. The zero-order valence-electron chi connectivity index (χ0n) is 12.0. The first-order valence-electron chi connectivity index (χ1n) is 7.53. The molecule has 0 spiro atoms. The van der Waals surface area contributed by atoms with Gasteiger partial charge in [0.25, 0.3) is 0 Å². The van der Waals surface area contributed by atoms with Crippen molar-refractivity contribution in [3.8, 4) is 0 Å². The van der Waals surface area contributed by atoms with Gasteiger partial charge in [-0.3, -0.25) is 9.59 Å².